The van der Waals surface area contributed by atoms with Gasteiger partial charge < -0.3 is 5.32 Å². The van der Waals surface area contributed by atoms with E-state index in [1.165, 1.54) is 0 Å². The van der Waals surface area contributed by atoms with E-state index in [2.05, 4.69) is 32.9 Å². The van der Waals surface area contributed by atoms with Gasteiger partial charge in [-0.15, -0.1) is 0 Å². The number of pyridine rings is 1. The molecule has 19 heavy (non-hydrogen) atoms. The molecule has 3 nitrogen and oxygen atoms in total. The largest absolute Gasteiger partial charge is 0.352 e. The van der Waals surface area contributed by atoms with Crippen molar-refractivity contribution in [3.63, 3.8) is 0 Å². The van der Waals surface area contributed by atoms with Crippen LogP contribution in [0.2, 0.25) is 0 Å². The van der Waals surface area contributed by atoms with E-state index in [-0.39, 0.29) is 5.91 Å². The summed E-state index contributed by atoms with van der Waals surface area (Å²) in [5.41, 5.74) is 2.86. The molecule has 0 radical (unpaired) electrons. The Morgan fingerprint density at radius 3 is 2.74 bits per heavy atom. The van der Waals surface area contributed by atoms with Crippen molar-refractivity contribution in [1.82, 2.24) is 10.3 Å². The molecule has 0 fully saturated rings. The van der Waals surface area contributed by atoms with Crippen LogP contribution in [0.1, 0.15) is 21.6 Å². The van der Waals surface area contributed by atoms with Crippen molar-refractivity contribution < 1.29 is 4.79 Å². The van der Waals surface area contributed by atoms with Crippen LogP contribution < -0.4 is 5.32 Å². The van der Waals surface area contributed by atoms with Crippen LogP contribution in [0, 0.1) is 10.5 Å². The fraction of sp³-hybridized carbons (Fsp3) is 0.200. The second kappa shape index (κ2) is 6.65. The molecule has 1 aromatic carbocycles. The maximum atomic E-state index is 12.0. The molecule has 0 saturated heterocycles. The van der Waals surface area contributed by atoms with Crippen LogP contribution in [0.3, 0.4) is 0 Å². The van der Waals surface area contributed by atoms with E-state index in [9.17, 15) is 4.79 Å². The lowest BCUT2D eigenvalue weighted by Crippen LogP contribution is -2.26. The van der Waals surface area contributed by atoms with E-state index in [1.807, 2.05) is 49.5 Å². The van der Waals surface area contributed by atoms with E-state index in [0.717, 1.165) is 26.8 Å². The topological polar surface area (TPSA) is 42.0 Å². The summed E-state index contributed by atoms with van der Waals surface area (Å²) in [6.07, 6.45) is 2.59. The van der Waals surface area contributed by atoms with Crippen LogP contribution in [0.15, 0.2) is 42.6 Å². The van der Waals surface area contributed by atoms with Gasteiger partial charge in [0.05, 0.1) is 5.56 Å². The summed E-state index contributed by atoms with van der Waals surface area (Å²) in [4.78, 5) is 16.3. The van der Waals surface area contributed by atoms with Crippen molar-refractivity contribution in [1.29, 1.82) is 0 Å². The van der Waals surface area contributed by atoms with Crippen LogP contribution in [0.4, 0.5) is 0 Å². The monoisotopic (exact) mass is 366 g/mol. The highest BCUT2D eigenvalue weighted by molar-refractivity contribution is 14.1. The molecule has 0 aliphatic heterocycles. The van der Waals surface area contributed by atoms with Crippen molar-refractivity contribution in [3.8, 4) is 0 Å². The standard InChI is InChI=1S/C15H15IN2O/c1-11-6-7-12(18-10-11)8-9-17-15(19)13-4-2-3-5-14(13)16/h2-7,10H,8-9H2,1H3,(H,17,19). The number of carbonyl (C=O) groups is 1. The first-order chi connectivity index (χ1) is 9.16. The molecule has 1 amide bonds. The highest BCUT2D eigenvalue weighted by Gasteiger charge is 2.08. The smallest absolute Gasteiger partial charge is 0.252 e. The fourth-order valence-corrected chi connectivity index (χ4v) is 2.32. The van der Waals surface area contributed by atoms with Gasteiger partial charge in [-0.2, -0.15) is 0 Å². The number of aromatic nitrogens is 1. The Morgan fingerprint density at radius 2 is 2.05 bits per heavy atom. The van der Waals surface area contributed by atoms with E-state index >= 15 is 0 Å². The van der Waals surface area contributed by atoms with Crippen molar-refractivity contribution >= 4 is 28.5 Å². The van der Waals surface area contributed by atoms with E-state index in [0.29, 0.717) is 6.54 Å². The molecule has 1 N–H and O–H groups in total. The molecule has 2 rings (SSSR count). The lowest BCUT2D eigenvalue weighted by atomic mass is 10.2. The third-order valence-electron chi connectivity index (χ3n) is 2.76. The summed E-state index contributed by atoms with van der Waals surface area (Å²) in [6, 6.07) is 11.6. The highest BCUT2D eigenvalue weighted by atomic mass is 127. The summed E-state index contributed by atoms with van der Waals surface area (Å²) in [5.74, 6) is -0.0305. The normalized spacial score (nSPS) is 10.2. The SMILES string of the molecule is Cc1ccc(CCNC(=O)c2ccccc2I)nc1. The highest BCUT2D eigenvalue weighted by Crippen LogP contribution is 2.10. The molecule has 2 aromatic rings. The lowest BCUT2D eigenvalue weighted by molar-refractivity contribution is 0.0953. The molecule has 0 atom stereocenters. The van der Waals surface area contributed by atoms with E-state index in [1.54, 1.807) is 0 Å². The van der Waals surface area contributed by atoms with Gasteiger partial charge in [0.15, 0.2) is 0 Å². The second-order valence-corrected chi connectivity index (χ2v) is 5.47. The molecule has 0 unspecified atom stereocenters. The number of halogens is 1. The number of hydrogen-bond donors (Lipinski definition) is 1. The first-order valence-corrected chi connectivity index (χ1v) is 7.19. The maximum absolute atomic E-state index is 12.0. The molecule has 0 spiro atoms. The molecule has 1 heterocycles. The maximum Gasteiger partial charge on any atom is 0.252 e. The summed E-state index contributed by atoms with van der Waals surface area (Å²) < 4.78 is 0.964. The van der Waals surface area contributed by atoms with Crippen LogP contribution in [0.5, 0.6) is 0 Å². The molecular formula is C15H15IN2O. The van der Waals surface area contributed by atoms with Crippen LogP contribution in [-0.2, 0) is 6.42 Å². The number of hydrogen-bond acceptors (Lipinski definition) is 2. The molecule has 0 aliphatic carbocycles. The summed E-state index contributed by atoms with van der Waals surface area (Å²) >= 11 is 2.17. The number of carbonyl (C=O) groups excluding carboxylic acids is 1. The van der Waals surface area contributed by atoms with Gasteiger partial charge in [0.1, 0.15) is 0 Å². The molecule has 0 saturated carbocycles. The van der Waals surface area contributed by atoms with Gasteiger partial charge in [-0.05, 0) is 53.3 Å². The molecule has 4 heteroatoms. The zero-order chi connectivity index (χ0) is 13.7. The lowest BCUT2D eigenvalue weighted by Gasteiger charge is -2.06. The Bertz CT molecular complexity index is 567. The zero-order valence-corrected chi connectivity index (χ0v) is 12.8. The Morgan fingerprint density at radius 1 is 1.26 bits per heavy atom. The van der Waals surface area contributed by atoms with Gasteiger partial charge in [0.25, 0.3) is 5.91 Å². The minimum atomic E-state index is -0.0305. The third kappa shape index (κ3) is 4.02. The number of amides is 1. The summed E-state index contributed by atoms with van der Waals surface area (Å²) in [7, 11) is 0. The minimum absolute atomic E-state index is 0.0305. The minimum Gasteiger partial charge on any atom is -0.352 e. The zero-order valence-electron chi connectivity index (χ0n) is 10.7. The predicted molar refractivity (Wildman–Crippen MR) is 84.2 cm³/mol. The summed E-state index contributed by atoms with van der Waals surface area (Å²) in [5, 5.41) is 2.92. The number of aryl methyl sites for hydroxylation is 1. The number of nitrogens with one attached hydrogen (secondary N) is 1. The second-order valence-electron chi connectivity index (χ2n) is 4.31. The van der Waals surface area contributed by atoms with Gasteiger partial charge in [-0.3, -0.25) is 9.78 Å². The average molecular weight is 366 g/mol. The number of benzene rings is 1. The fourth-order valence-electron chi connectivity index (χ4n) is 1.69. The van der Waals surface area contributed by atoms with Gasteiger partial charge in [-0.1, -0.05) is 18.2 Å². The van der Waals surface area contributed by atoms with Gasteiger partial charge >= 0.3 is 0 Å². The Hall–Kier alpha value is -1.43. The van der Waals surface area contributed by atoms with Crippen molar-refractivity contribution in [2.75, 3.05) is 6.54 Å². The van der Waals surface area contributed by atoms with Crippen LogP contribution >= 0.6 is 22.6 Å². The first-order valence-electron chi connectivity index (χ1n) is 6.11. The van der Waals surface area contributed by atoms with Gasteiger partial charge in [0, 0.05) is 28.4 Å². The number of nitrogens with zero attached hydrogens (tertiary/aromatic N) is 1. The van der Waals surface area contributed by atoms with Gasteiger partial charge in [0.2, 0.25) is 0 Å². The van der Waals surface area contributed by atoms with Crippen molar-refractivity contribution in [3.05, 3.63) is 63.0 Å². The Balaban J connectivity index is 1.88. The number of rotatable bonds is 4. The Kier molecular flexibility index (Phi) is 4.90. The molecule has 1 aromatic heterocycles. The van der Waals surface area contributed by atoms with Crippen molar-refractivity contribution in [2.45, 2.75) is 13.3 Å². The van der Waals surface area contributed by atoms with Crippen molar-refractivity contribution in [2.24, 2.45) is 0 Å². The molecular weight excluding hydrogens is 351 g/mol. The predicted octanol–water partition coefficient (Wildman–Crippen LogP) is 2.97. The van der Waals surface area contributed by atoms with E-state index in [4.69, 9.17) is 0 Å². The molecule has 0 aliphatic rings. The average Bonchev–Trinajstić information content (AvgIpc) is 2.41. The van der Waals surface area contributed by atoms with Gasteiger partial charge in [-0.25, -0.2) is 0 Å². The van der Waals surface area contributed by atoms with Crippen LogP contribution in [0.25, 0.3) is 0 Å². The first kappa shape index (κ1) is 14.0. The van der Waals surface area contributed by atoms with E-state index < -0.39 is 0 Å². The Labute approximate surface area is 126 Å². The van der Waals surface area contributed by atoms with Crippen LogP contribution in [-0.4, -0.2) is 17.4 Å². The molecule has 98 valence electrons. The quantitative estimate of drug-likeness (QED) is 0.846. The molecule has 0 bridgehead atoms. The third-order valence-corrected chi connectivity index (χ3v) is 3.70. The summed E-state index contributed by atoms with van der Waals surface area (Å²) in [6.45, 7) is 2.61.